The quantitative estimate of drug-likeness (QED) is 0.831. The fraction of sp³-hybridized carbons (Fsp3) is 0.200. The molecule has 1 aromatic heterocycles. The van der Waals surface area contributed by atoms with Gasteiger partial charge in [0.2, 0.25) is 0 Å². The van der Waals surface area contributed by atoms with Crippen LogP contribution in [0, 0.1) is 0 Å². The van der Waals surface area contributed by atoms with Gasteiger partial charge in [-0.3, -0.25) is 0 Å². The van der Waals surface area contributed by atoms with Crippen LogP contribution in [0.25, 0.3) is 10.9 Å². The molecule has 0 aliphatic heterocycles. The zero-order valence-electron chi connectivity index (χ0n) is 8.62. The van der Waals surface area contributed by atoms with Crippen molar-refractivity contribution in [1.82, 2.24) is 10.2 Å². The summed E-state index contributed by atoms with van der Waals surface area (Å²) >= 11 is 11.8. The van der Waals surface area contributed by atoms with Crippen molar-refractivity contribution in [3.8, 4) is 11.5 Å². The maximum atomic E-state index is 6.02. The minimum Gasteiger partial charge on any atom is -0.493 e. The Morgan fingerprint density at radius 3 is 2.25 bits per heavy atom. The van der Waals surface area contributed by atoms with E-state index in [0.717, 1.165) is 0 Å². The molecular weight excluding hydrogens is 251 g/mol. The molecule has 1 heterocycles. The van der Waals surface area contributed by atoms with Gasteiger partial charge in [0.15, 0.2) is 16.7 Å². The fourth-order valence-corrected chi connectivity index (χ4v) is 1.71. The van der Waals surface area contributed by atoms with Gasteiger partial charge in [0, 0.05) is 11.5 Å². The summed E-state index contributed by atoms with van der Waals surface area (Å²) in [5.74, 6) is 1.14. The number of hydrogen-bond donors (Lipinski definition) is 0. The monoisotopic (exact) mass is 258 g/mol. The first kappa shape index (κ1) is 11.2. The van der Waals surface area contributed by atoms with E-state index in [1.165, 1.54) is 0 Å². The molecule has 16 heavy (non-hydrogen) atoms. The molecule has 0 radical (unpaired) electrons. The van der Waals surface area contributed by atoms with Crippen LogP contribution in [0.2, 0.25) is 10.2 Å². The number of halogens is 2. The second kappa shape index (κ2) is 4.31. The van der Waals surface area contributed by atoms with Crippen LogP contribution in [-0.2, 0) is 0 Å². The number of nitrogens with zero attached hydrogens (tertiary/aromatic N) is 2. The first-order valence-corrected chi connectivity index (χ1v) is 5.16. The molecule has 0 saturated heterocycles. The highest BCUT2D eigenvalue weighted by Crippen LogP contribution is 2.35. The van der Waals surface area contributed by atoms with Crippen molar-refractivity contribution in [3.05, 3.63) is 22.3 Å². The zero-order valence-corrected chi connectivity index (χ0v) is 10.1. The molecule has 0 bridgehead atoms. The van der Waals surface area contributed by atoms with E-state index >= 15 is 0 Å². The number of ether oxygens (including phenoxy) is 2. The Kier molecular flexibility index (Phi) is 3.03. The summed E-state index contributed by atoms with van der Waals surface area (Å²) in [7, 11) is 3.10. The first-order valence-electron chi connectivity index (χ1n) is 4.40. The van der Waals surface area contributed by atoms with Gasteiger partial charge in [-0.2, -0.15) is 0 Å². The van der Waals surface area contributed by atoms with Crippen LogP contribution < -0.4 is 9.47 Å². The molecule has 6 heteroatoms. The summed E-state index contributed by atoms with van der Waals surface area (Å²) in [5.41, 5.74) is 0.604. The summed E-state index contributed by atoms with van der Waals surface area (Å²) in [5, 5.41) is 8.85. The van der Waals surface area contributed by atoms with Crippen molar-refractivity contribution in [1.29, 1.82) is 0 Å². The van der Waals surface area contributed by atoms with E-state index in [0.29, 0.717) is 27.4 Å². The molecular formula is C10H8Cl2N2O2. The Labute approximate surface area is 102 Å². The third-order valence-electron chi connectivity index (χ3n) is 2.16. The standard InChI is InChI=1S/C10H8Cl2N2O2/c1-15-7-3-5-6(4-8(7)16-2)13-14-10(12)9(5)11/h3-4H,1-2H3. The molecule has 84 valence electrons. The van der Waals surface area contributed by atoms with Crippen LogP contribution in [-0.4, -0.2) is 24.4 Å². The van der Waals surface area contributed by atoms with Crippen LogP contribution in [0.1, 0.15) is 0 Å². The summed E-state index contributed by atoms with van der Waals surface area (Å²) in [4.78, 5) is 0. The van der Waals surface area contributed by atoms with Crippen molar-refractivity contribution in [2.75, 3.05) is 14.2 Å². The average molecular weight is 259 g/mol. The molecule has 2 aromatic rings. The number of rotatable bonds is 2. The predicted octanol–water partition coefficient (Wildman–Crippen LogP) is 2.95. The highest BCUT2D eigenvalue weighted by molar-refractivity contribution is 6.44. The molecule has 0 aliphatic rings. The van der Waals surface area contributed by atoms with E-state index in [4.69, 9.17) is 32.7 Å². The number of aromatic nitrogens is 2. The van der Waals surface area contributed by atoms with Gasteiger partial charge < -0.3 is 9.47 Å². The Morgan fingerprint density at radius 1 is 1.00 bits per heavy atom. The summed E-state index contributed by atoms with van der Waals surface area (Å²) in [6, 6.07) is 3.42. The minimum atomic E-state index is 0.168. The largest absolute Gasteiger partial charge is 0.493 e. The van der Waals surface area contributed by atoms with Gasteiger partial charge in [-0.1, -0.05) is 23.2 Å². The summed E-state index contributed by atoms with van der Waals surface area (Å²) in [6.45, 7) is 0. The maximum absolute atomic E-state index is 6.02. The Bertz CT molecular complexity index is 546. The predicted molar refractivity (Wildman–Crippen MR) is 62.7 cm³/mol. The van der Waals surface area contributed by atoms with Gasteiger partial charge in [-0.25, -0.2) is 0 Å². The van der Waals surface area contributed by atoms with E-state index in [-0.39, 0.29) is 5.15 Å². The Hall–Kier alpha value is -1.26. The van der Waals surface area contributed by atoms with Crippen LogP contribution >= 0.6 is 23.2 Å². The molecule has 0 aliphatic carbocycles. The number of benzene rings is 1. The average Bonchev–Trinajstić information content (AvgIpc) is 2.32. The lowest BCUT2D eigenvalue weighted by atomic mass is 10.2. The molecule has 1 aromatic carbocycles. The van der Waals surface area contributed by atoms with Gasteiger partial charge in [-0.15, -0.1) is 10.2 Å². The smallest absolute Gasteiger partial charge is 0.170 e. The van der Waals surface area contributed by atoms with E-state index in [1.54, 1.807) is 26.4 Å². The lowest BCUT2D eigenvalue weighted by molar-refractivity contribution is 0.355. The lowest BCUT2D eigenvalue weighted by Gasteiger charge is -2.09. The molecule has 0 saturated carbocycles. The van der Waals surface area contributed by atoms with Crippen molar-refractivity contribution >= 4 is 34.1 Å². The molecule has 0 N–H and O–H groups in total. The van der Waals surface area contributed by atoms with Crippen LogP contribution in [0.5, 0.6) is 11.5 Å². The molecule has 4 nitrogen and oxygen atoms in total. The van der Waals surface area contributed by atoms with Crippen molar-refractivity contribution < 1.29 is 9.47 Å². The maximum Gasteiger partial charge on any atom is 0.170 e. The van der Waals surface area contributed by atoms with Crippen molar-refractivity contribution in [2.45, 2.75) is 0 Å². The normalized spacial score (nSPS) is 10.5. The van der Waals surface area contributed by atoms with Crippen molar-refractivity contribution in [3.63, 3.8) is 0 Å². The van der Waals surface area contributed by atoms with Gasteiger partial charge in [-0.05, 0) is 6.07 Å². The van der Waals surface area contributed by atoms with E-state index in [1.807, 2.05) is 0 Å². The zero-order chi connectivity index (χ0) is 11.7. The molecule has 0 fully saturated rings. The van der Waals surface area contributed by atoms with Gasteiger partial charge >= 0.3 is 0 Å². The van der Waals surface area contributed by atoms with Crippen LogP contribution in [0.3, 0.4) is 0 Å². The fourth-order valence-electron chi connectivity index (χ4n) is 1.38. The van der Waals surface area contributed by atoms with E-state index in [2.05, 4.69) is 10.2 Å². The second-order valence-electron chi connectivity index (χ2n) is 3.03. The van der Waals surface area contributed by atoms with Crippen LogP contribution in [0.15, 0.2) is 12.1 Å². The molecule has 0 unspecified atom stereocenters. The second-order valence-corrected chi connectivity index (χ2v) is 3.77. The first-order chi connectivity index (χ1) is 7.67. The number of hydrogen-bond acceptors (Lipinski definition) is 4. The van der Waals surface area contributed by atoms with Gasteiger partial charge in [0.25, 0.3) is 0 Å². The minimum absolute atomic E-state index is 0.168. The van der Waals surface area contributed by atoms with E-state index in [9.17, 15) is 0 Å². The lowest BCUT2D eigenvalue weighted by Crippen LogP contribution is -1.93. The Balaban J connectivity index is 2.78. The third kappa shape index (κ3) is 1.74. The highest BCUT2D eigenvalue weighted by atomic mass is 35.5. The number of methoxy groups -OCH3 is 2. The molecule has 0 amide bonds. The Morgan fingerprint density at radius 2 is 1.62 bits per heavy atom. The van der Waals surface area contributed by atoms with Crippen LogP contribution in [0.4, 0.5) is 0 Å². The van der Waals surface area contributed by atoms with Crippen molar-refractivity contribution in [2.24, 2.45) is 0 Å². The molecule has 0 spiro atoms. The topological polar surface area (TPSA) is 44.2 Å². The summed E-state index contributed by atoms with van der Waals surface area (Å²) in [6.07, 6.45) is 0. The molecule has 2 rings (SSSR count). The molecule has 0 atom stereocenters. The summed E-state index contributed by atoms with van der Waals surface area (Å²) < 4.78 is 10.3. The highest BCUT2D eigenvalue weighted by Gasteiger charge is 2.12. The van der Waals surface area contributed by atoms with E-state index < -0.39 is 0 Å². The SMILES string of the molecule is COc1cc2nnc(Cl)c(Cl)c2cc1OC. The van der Waals surface area contributed by atoms with Gasteiger partial charge in [0.1, 0.15) is 0 Å². The number of fused-ring (bicyclic) bond motifs is 1. The third-order valence-corrected chi connectivity index (χ3v) is 2.91. The van der Waals surface area contributed by atoms with Gasteiger partial charge in [0.05, 0.1) is 24.8 Å².